The van der Waals surface area contributed by atoms with Crippen molar-refractivity contribution in [3.8, 4) is 0 Å². The van der Waals surface area contributed by atoms with Crippen molar-refractivity contribution in [1.29, 1.82) is 0 Å². The molecule has 18 heavy (non-hydrogen) atoms. The van der Waals surface area contributed by atoms with E-state index in [2.05, 4.69) is 4.98 Å². The third-order valence-electron chi connectivity index (χ3n) is 2.85. The van der Waals surface area contributed by atoms with Gasteiger partial charge in [0.05, 0.1) is 0 Å². The Morgan fingerprint density at radius 3 is 2.56 bits per heavy atom. The molecular formula is C14H14F2N2. The van der Waals surface area contributed by atoms with Crippen LogP contribution in [-0.4, -0.2) is 4.98 Å². The molecule has 2 nitrogen and oxygen atoms in total. The van der Waals surface area contributed by atoms with Crippen molar-refractivity contribution in [2.45, 2.75) is 18.9 Å². The number of hydrogen-bond acceptors (Lipinski definition) is 2. The molecule has 0 aliphatic carbocycles. The Morgan fingerprint density at radius 1 is 1.11 bits per heavy atom. The maximum atomic E-state index is 13.5. The number of nitrogens with two attached hydrogens (primary N) is 1. The predicted molar refractivity (Wildman–Crippen MR) is 65.8 cm³/mol. The zero-order valence-corrected chi connectivity index (χ0v) is 9.81. The predicted octanol–water partition coefficient (Wildman–Crippen LogP) is 2.99. The van der Waals surface area contributed by atoms with Crippen molar-refractivity contribution in [2.24, 2.45) is 5.73 Å². The minimum Gasteiger partial charge on any atom is -0.324 e. The minimum absolute atomic E-state index is 0.226. The minimum atomic E-state index is -0.506. The second-order valence-electron chi connectivity index (χ2n) is 4.17. The van der Waals surface area contributed by atoms with E-state index in [1.54, 1.807) is 12.4 Å². The highest BCUT2D eigenvalue weighted by atomic mass is 19.1. The third-order valence-corrected chi connectivity index (χ3v) is 2.85. The zero-order valence-electron chi connectivity index (χ0n) is 9.81. The highest BCUT2D eigenvalue weighted by Crippen LogP contribution is 2.20. The summed E-state index contributed by atoms with van der Waals surface area (Å²) in [6, 6.07) is 6.62. The van der Waals surface area contributed by atoms with Crippen LogP contribution in [0.3, 0.4) is 0 Å². The normalized spacial score (nSPS) is 12.4. The van der Waals surface area contributed by atoms with Gasteiger partial charge >= 0.3 is 0 Å². The standard InChI is InChI=1S/C14H14F2N2/c15-11-2-3-13(16)12(9-11)14(17)4-1-10-5-7-18-8-6-10/h2-3,5-9,14H,1,4,17H2. The van der Waals surface area contributed by atoms with E-state index in [0.29, 0.717) is 12.8 Å². The maximum Gasteiger partial charge on any atom is 0.128 e. The topological polar surface area (TPSA) is 38.9 Å². The molecule has 2 N–H and O–H groups in total. The van der Waals surface area contributed by atoms with E-state index in [9.17, 15) is 8.78 Å². The van der Waals surface area contributed by atoms with Gasteiger partial charge in [0.2, 0.25) is 0 Å². The van der Waals surface area contributed by atoms with Crippen LogP contribution in [0.25, 0.3) is 0 Å². The molecule has 1 atom stereocenters. The average molecular weight is 248 g/mol. The fourth-order valence-corrected chi connectivity index (χ4v) is 1.83. The van der Waals surface area contributed by atoms with Gasteiger partial charge in [0.15, 0.2) is 0 Å². The molecule has 0 spiro atoms. The molecule has 0 amide bonds. The van der Waals surface area contributed by atoms with Crippen LogP contribution in [0.2, 0.25) is 0 Å². The van der Waals surface area contributed by atoms with Gasteiger partial charge in [-0.05, 0) is 48.7 Å². The van der Waals surface area contributed by atoms with E-state index in [-0.39, 0.29) is 5.56 Å². The van der Waals surface area contributed by atoms with Gasteiger partial charge < -0.3 is 5.73 Å². The Bertz CT molecular complexity index is 514. The Balaban J connectivity index is 2.03. The fourth-order valence-electron chi connectivity index (χ4n) is 1.83. The van der Waals surface area contributed by atoms with Crippen molar-refractivity contribution >= 4 is 0 Å². The number of nitrogens with zero attached hydrogens (tertiary/aromatic N) is 1. The molecule has 0 saturated carbocycles. The quantitative estimate of drug-likeness (QED) is 0.903. The Hall–Kier alpha value is -1.81. The lowest BCUT2D eigenvalue weighted by molar-refractivity contribution is 0.548. The van der Waals surface area contributed by atoms with E-state index in [1.807, 2.05) is 12.1 Å². The first-order valence-electron chi connectivity index (χ1n) is 5.76. The maximum absolute atomic E-state index is 13.5. The monoisotopic (exact) mass is 248 g/mol. The number of pyridine rings is 1. The summed E-state index contributed by atoms with van der Waals surface area (Å²) >= 11 is 0. The lowest BCUT2D eigenvalue weighted by Crippen LogP contribution is -2.13. The molecule has 1 aromatic heterocycles. The molecular weight excluding hydrogens is 234 g/mol. The smallest absolute Gasteiger partial charge is 0.128 e. The van der Waals surface area contributed by atoms with Gasteiger partial charge in [0.1, 0.15) is 11.6 Å². The number of aryl methyl sites for hydroxylation is 1. The zero-order chi connectivity index (χ0) is 13.0. The van der Waals surface area contributed by atoms with Crippen LogP contribution >= 0.6 is 0 Å². The van der Waals surface area contributed by atoms with Crippen molar-refractivity contribution < 1.29 is 8.78 Å². The molecule has 2 aromatic rings. The lowest BCUT2D eigenvalue weighted by atomic mass is 10.00. The van der Waals surface area contributed by atoms with Crippen LogP contribution in [-0.2, 0) is 6.42 Å². The number of rotatable bonds is 4. The first kappa shape index (κ1) is 12.6. The molecule has 1 heterocycles. The molecule has 2 rings (SSSR count). The van der Waals surface area contributed by atoms with E-state index in [0.717, 1.165) is 23.8 Å². The summed E-state index contributed by atoms with van der Waals surface area (Å²) in [7, 11) is 0. The number of halogens is 2. The summed E-state index contributed by atoms with van der Waals surface area (Å²) in [5, 5.41) is 0. The van der Waals surface area contributed by atoms with Crippen LogP contribution in [0.5, 0.6) is 0 Å². The third kappa shape index (κ3) is 3.11. The van der Waals surface area contributed by atoms with Crippen molar-refractivity contribution in [1.82, 2.24) is 4.98 Å². The molecule has 0 radical (unpaired) electrons. The molecule has 0 fully saturated rings. The van der Waals surface area contributed by atoms with E-state index in [1.165, 1.54) is 0 Å². The van der Waals surface area contributed by atoms with Gasteiger partial charge in [-0.2, -0.15) is 0 Å². The Morgan fingerprint density at radius 2 is 1.83 bits per heavy atom. The number of aromatic nitrogens is 1. The average Bonchev–Trinajstić information content (AvgIpc) is 2.40. The van der Waals surface area contributed by atoms with Crippen LogP contribution in [0.4, 0.5) is 8.78 Å². The van der Waals surface area contributed by atoms with E-state index in [4.69, 9.17) is 5.73 Å². The van der Waals surface area contributed by atoms with Gasteiger partial charge in [-0.15, -0.1) is 0 Å². The summed E-state index contributed by atoms with van der Waals surface area (Å²) < 4.78 is 26.5. The summed E-state index contributed by atoms with van der Waals surface area (Å²) in [4.78, 5) is 3.92. The molecule has 1 unspecified atom stereocenters. The summed E-state index contributed by atoms with van der Waals surface area (Å²) in [5.74, 6) is -0.926. The molecule has 0 aliphatic heterocycles. The van der Waals surface area contributed by atoms with Gasteiger partial charge in [-0.25, -0.2) is 8.78 Å². The largest absolute Gasteiger partial charge is 0.324 e. The van der Waals surface area contributed by atoms with Crippen LogP contribution < -0.4 is 5.73 Å². The Kier molecular flexibility index (Phi) is 3.99. The van der Waals surface area contributed by atoms with Crippen molar-refractivity contribution in [3.05, 3.63) is 65.5 Å². The van der Waals surface area contributed by atoms with Crippen LogP contribution in [0, 0.1) is 11.6 Å². The first-order valence-corrected chi connectivity index (χ1v) is 5.76. The van der Waals surface area contributed by atoms with Gasteiger partial charge in [-0.1, -0.05) is 0 Å². The highest BCUT2D eigenvalue weighted by molar-refractivity contribution is 5.22. The molecule has 94 valence electrons. The first-order chi connectivity index (χ1) is 8.66. The summed E-state index contributed by atoms with van der Waals surface area (Å²) in [5.41, 5.74) is 7.20. The van der Waals surface area contributed by atoms with Crippen LogP contribution in [0.1, 0.15) is 23.6 Å². The van der Waals surface area contributed by atoms with Crippen molar-refractivity contribution in [3.63, 3.8) is 0 Å². The second-order valence-corrected chi connectivity index (χ2v) is 4.17. The SMILES string of the molecule is NC(CCc1ccncc1)c1cc(F)ccc1F. The Labute approximate surface area is 104 Å². The molecule has 0 aliphatic rings. The van der Waals surface area contributed by atoms with Gasteiger partial charge in [-0.3, -0.25) is 4.98 Å². The number of benzene rings is 1. The summed E-state index contributed by atoms with van der Waals surface area (Å²) in [6.45, 7) is 0. The van der Waals surface area contributed by atoms with Crippen LogP contribution in [0.15, 0.2) is 42.7 Å². The highest BCUT2D eigenvalue weighted by Gasteiger charge is 2.12. The molecule has 1 aromatic carbocycles. The molecule has 4 heteroatoms. The second kappa shape index (κ2) is 5.69. The van der Waals surface area contributed by atoms with Gasteiger partial charge in [0, 0.05) is 24.0 Å². The lowest BCUT2D eigenvalue weighted by Gasteiger charge is -2.13. The van der Waals surface area contributed by atoms with E-state index < -0.39 is 17.7 Å². The molecule has 0 saturated heterocycles. The summed E-state index contributed by atoms with van der Waals surface area (Å²) in [6.07, 6.45) is 4.66. The van der Waals surface area contributed by atoms with E-state index >= 15 is 0 Å². The van der Waals surface area contributed by atoms with Gasteiger partial charge in [0.25, 0.3) is 0 Å². The molecule has 0 bridgehead atoms. The fraction of sp³-hybridized carbons (Fsp3) is 0.214. The van der Waals surface area contributed by atoms with Crippen molar-refractivity contribution in [2.75, 3.05) is 0 Å². The number of hydrogen-bond donors (Lipinski definition) is 1.